The molecule has 0 aliphatic heterocycles. The van der Waals surface area contributed by atoms with E-state index in [4.69, 9.17) is 22.1 Å². The third-order valence-electron chi connectivity index (χ3n) is 4.40. The normalized spacial score (nSPS) is 11.2. The monoisotopic (exact) mass is 403 g/mol. The van der Waals surface area contributed by atoms with E-state index in [9.17, 15) is 4.79 Å². The van der Waals surface area contributed by atoms with Gasteiger partial charge in [-0.1, -0.05) is 41.9 Å². The van der Waals surface area contributed by atoms with E-state index in [2.05, 4.69) is 4.99 Å². The first-order chi connectivity index (χ1) is 14.1. The zero-order valence-electron chi connectivity index (χ0n) is 15.5. The van der Waals surface area contributed by atoms with Crippen molar-refractivity contribution in [1.29, 1.82) is 0 Å². The molecule has 1 aromatic heterocycles. The van der Waals surface area contributed by atoms with E-state index in [0.717, 1.165) is 22.2 Å². The molecule has 144 valence electrons. The van der Waals surface area contributed by atoms with E-state index < -0.39 is 0 Å². The highest BCUT2D eigenvalue weighted by Crippen LogP contribution is 2.30. The largest absolute Gasteiger partial charge is 0.456 e. The van der Waals surface area contributed by atoms with Gasteiger partial charge >= 0.3 is 0 Å². The molecule has 3 aromatic carbocycles. The number of hydrogen-bond donors (Lipinski definition) is 1. The van der Waals surface area contributed by atoms with Gasteiger partial charge in [0.2, 0.25) is 5.91 Å². The zero-order valence-corrected chi connectivity index (χ0v) is 16.2. The van der Waals surface area contributed by atoms with Crippen molar-refractivity contribution in [3.63, 3.8) is 0 Å². The van der Waals surface area contributed by atoms with E-state index in [1.54, 1.807) is 12.3 Å². The summed E-state index contributed by atoms with van der Waals surface area (Å²) in [6.45, 7) is 0.127. The number of carbonyl (C=O) groups excluding carboxylic acids is 1. The number of fused-ring (bicyclic) bond motifs is 1. The van der Waals surface area contributed by atoms with Crippen LogP contribution < -0.4 is 10.5 Å². The minimum Gasteiger partial charge on any atom is -0.456 e. The molecule has 0 radical (unpaired) electrons. The van der Waals surface area contributed by atoms with Crippen molar-refractivity contribution < 1.29 is 9.53 Å². The molecular weight excluding hydrogens is 386 g/mol. The summed E-state index contributed by atoms with van der Waals surface area (Å²) in [7, 11) is 0. The highest BCUT2D eigenvalue weighted by molar-refractivity contribution is 6.32. The van der Waals surface area contributed by atoms with Crippen LogP contribution in [0.25, 0.3) is 10.9 Å². The van der Waals surface area contributed by atoms with E-state index in [-0.39, 0.29) is 12.5 Å². The Labute approximate surface area is 173 Å². The van der Waals surface area contributed by atoms with E-state index in [1.165, 1.54) is 0 Å². The predicted octanol–water partition coefficient (Wildman–Crippen LogP) is 5.32. The minimum absolute atomic E-state index is 0.127. The van der Waals surface area contributed by atoms with Crippen molar-refractivity contribution in [2.24, 2.45) is 10.7 Å². The molecule has 0 aliphatic rings. The number of primary amides is 1. The number of aliphatic imine (C=N–C) groups is 1. The molecule has 4 rings (SSSR count). The first kappa shape index (κ1) is 18.8. The Morgan fingerprint density at radius 2 is 1.76 bits per heavy atom. The van der Waals surface area contributed by atoms with Crippen molar-refractivity contribution in [2.45, 2.75) is 6.54 Å². The number of ether oxygens (including phenoxy) is 1. The number of para-hydroxylation sites is 2. The van der Waals surface area contributed by atoms with Gasteiger partial charge in [-0.05, 0) is 42.5 Å². The second kappa shape index (κ2) is 8.20. The summed E-state index contributed by atoms with van der Waals surface area (Å²) in [5.74, 6) is 0.895. The third kappa shape index (κ3) is 4.31. The van der Waals surface area contributed by atoms with Gasteiger partial charge in [-0.15, -0.1) is 0 Å². The van der Waals surface area contributed by atoms with Gasteiger partial charge in [-0.25, -0.2) is 0 Å². The SMILES string of the molecule is NC(=O)Cn1cc(C=Nc2ccc(Oc3ccccc3Cl)cc2)c2ccccc21. The number of nitrogens with zero attached hydrogens (tertiary/aromatic N) is 2. The summed E-state index contributed by atoms with van der Waals surface area (Å²) in [5.41, 5.74) is 7.99. The Morgan fingerprint density at radius 3 is 2.52 bits per heavy atom. The van der Waals surface area contributed by atoms with Crippen molar-refractivity contribution in [3.05, 3.63) is 89.6 Å². The maximum atomic E-state index is 11.3. The first-order valence-corrected chi connectivity index (χ1v) is 9.40. The van der Waals surface area contributed by atoms with E-state index >= 15 is 0 Å². The fourth-order valence-electron chi connectivity index (χ4n) is 3.08. The van der Waals surface area contributed by atoms with Gasteiger partial charge < -0.3 is 15.0 Å². The van der Waals surface area contributed by atoms with Crippen LogP contribution in [0, 0.1) is 0 Å². The minimum atomic E-state index is -0.386. The van der Waals surface area contributed by atoms with Gasteiger partial charge in [-0.2, -0.15) is 0 Å². The maximum Gasteiger partial charge on any atom is 0.237 e. The molecule has 4 aromatic rings. The molecule has 0 saturated carbocycles. The third-order valence-corrected chi connectivity index (χ3v) is 4.71. The second-order valence-corrected chi connectivity index (χ2v) is 6.89. The molecule has 2 N–H and O–H groups in total. The zero-order chi connectivity index (χ0) is 20.2. The van der Waals surface area contributed by atoms with E-state index in [1.807, 2.05) is 77.5 Å². The summed E-state index contributed by atoms with van der Waals surface area (Å²) >= 11 is 6.12. The number of benzene rings is 3. The average molecular weight is 404 g/mol. The molecule has 0 saturated heterocycles. The quantitative estimate of drug-likeness (QED) is 0.442. The van der Waals surface area contributed by atoms with Crippen LogP contribution in [0.5, 0.6) is 11.5 Å². The van der Waals surface area contributed by atoms with Crippen molar-refractivity contribution in [3.8, 4) is 11.5 Å². The lowest BCUT2D eigenvalue weighted by molar-refractivity contribution is -0.118. The molecule has 0 spiro atoms. The lowest BCUT2D eigenvalue weighted by atomic mass is 10.2. The highest BCUT2D eigenvalue weighted by Gasteiger charge is 2.08. The van der Waals surface area contributed by atoms with Gasteiger partial charge in [0, 0.05) is 28.9 Å². The van der Waals surface area contributed by atoms with Crippen LogP contribution in [0.4, 0.5) is 5.69 Å². The molecule has 0 fully saturated rings. The summed E-state index contributed by atoms with van der Waals surface area (Å²) < 4.78 is 7.63. The van der Waals surface area contributed by atoms with Crippen LogP contribution in [-0.2, 0) is 11.3 Å². The fourth-order valence-corrected chi connectivity index (χ4v) is 3.25. The summed E-state index contributed by atoms with van der Waals surface area (Å²) in [5, 5.41) is 1.57. The lowest BCUT2D eigenvalue weighted by Gasteiger charge is -2.07. The van der Waals surface area contributed by atoms with Crippen LogP contribution >= 0.6 is 11.6 Å². The number of carbonyl (C=O) groups is 1. The number of rotatable bonds is 6. The van der Waals surface area contributed by atoms with Crippen molar-refractivity contribution in [2.75, 3.05) is 0 Å². The van der Waals surface area contributed by atoms with Gasteiger partial charge in [0.25, 0.3) is 0 Å². The number of halogens is 1. The Morgan fingerprint density at radius 1 is 1.03 bits per heavy atom. The smallest absolute Gasteiger partial charge is 0.237 e. The molecule has 0 unspecified atom stereocenters. The second-order valence-electron chi connectivity index (χ2n) is 6.48. The number of aromatic nitrogens is 1. The Hall–Kier alpha value is -3.57. The first-order valence-electron chi connectivity index (χ1n) is 9.03. The Bertz CT molecular complexity index is 1200. The number of nitrogens with two attached hydrogens (primary N) is 1. The topological polar surface area (TPSA) is 69.6 Å². The highest BCUT2D eigenvalue weighted by atomic mass is 35.5. The Kier molecular flexibility index (Phi) is 5.31. The molecule has 5 nitrogen and oxygen atoms in total. The van der Waals surface area contributed by atoms with E-state index in [0.29, 0.717) is 16.5 Å². The average Bonchev–Trinajstić information content (AvgIpc) is 3.06. The molecule has 6 heteroatoms. The standard InChI is InChI=1S/C23H18ClN3O2/c24-20-6-2-4-8-22(20)29-18-11-9-17(10-12-18)26-13-16-14-27(15-23(25)28)21-7-3-1-5-19(16)21/h1-14H,15H2,(H2,25,28). The van der Waals surface area contributed by atoms with Gasteiger partial charge in [0.1, 0.15) is 18.0 Å². The van der Waals surface area contributed by atoms with Crippen LogP contribution in [0.2, 0.25) is 5.02 Å². The number of amides is 1. The Balaban J connectivity index is 1.55. The molecular formula is C23H18ClN3O2. The summed E-state index contributed by atoms with van der Waals surface area (Å²) in [6.07, 6.45) is 3.66. The molecule has 0 aliphatic carbocycles. The van der Waals surface area contributed by atoms with Crippen molar-refractivity contribution >= 4 is 40.3 Å². The predicted molar refractivity (Wildman–Crippen MR) is 116 cm³/mol. The van der Waals surface area contributed by atoms with Crippen molar-refractivity contribution in [1.82, 2.24) is 4.57 Å². The van der Waals surface area contributed by atoms with Crippen LogP contribution in [0.15, 0.2) is 84.0 Å². The molecule has 0 atom stereocenters. The maximum absolute atomic E-state index is 11.3. The molecule has 29 heavy (non-hydrogen) atoms. The van der Waals surface area contributed by atoms with Gasteiger partial charge in [0.05, 0.1) is 10.7 Å². The van der Waals surface area contributed by atoms with Crippen LogP contribution in [0.1, 0.15) is 5.56 Å². The molecule has 1 heterocycles. The summed E-state index contributed by atoms with van der Waals surface area (Å²) in [4.78, 5) is 15.9. The van der Waals surface area contributed by atoms with Crippen LogP contribution in [0.3, 0.4) is 0 Å². The van der Waals surface area contributed by atoms with Gasteiger partial charge in [0.15, 0.2) is 0 Å². The van der Waals surface area contributed by atoms with Crippen LogP contribution in [-0.4, -0.2) is 16.7 Å². The lowest BCUT2D eigenvalue weighted by Crippen LogP contribution is -2.17. The summed E-state index contributed by atoms with van der Waals surface area (Å²) in [6, 6.07) is 22.6. The van der Waals surface area contributed by atoms with Gasteiger partial charge in [-0.3, -0.25) is 9.79 Å². The number of hydrogen-bond acceptors (Lipinski definition) is 3. The molecule has 0 bridgehead atoms. The fraction of sp³-hybridized carbons (Fsp3) is 0.0435. The molecule has 1 amide bonds.